The Morgan fingerprint density at radius 3 is 2.24 bits per heavy atom. The Hall–Kier alpha value is -2.55. The molecule has 0 aliphatic carbocycles. The molecule has 0 N–H and O–H groups in total. The number of benzene rings is 1. The third-order valence-corrected chi connectivity index (χ3v) is 5.94. The minimum atomic E-state index is -4.38. The molecule has 0 bridgehead atoms. The van der Waals surface area contributed by atoms with Crippen LogP contribution in [0.4, 0.5) is 13.2 Å². The van der Waals surface area contributed by atoms with E-state index in [4.69, 9.17) is 0 Å². The molecule has 3 rings (SSSR count). The van der Waals surface area contributed by atoms with Crippen LogP contribution in [0.2, 0.25) is 0 Å². The van der Waals surface area contributed by atoms with Gasteiger partial charge in [-0.3, -0.25) is 13.9 Å². The van der Waals surface area contributed by atoms with Crippen molar-refractivity contribution in [3.63, 3.8) is 0 Å². The first-order valence-electron chi connectivity index (χ1n) is 8.90. The van der Waals surface area contributed by atoms with Gasteiger partial charge in [0.25, 0.3) is 5.56 Å². The molecule has 0 unspecified atom stereocenters. The summed E-state index contributed by atoms with van der Waals surface area (Å²) >= 11 is 1.36. The van der Waals surface area contributed by atoms with Gasteiger partial charge in [-0.05, 0) is 29.2 Å². The van der Waals surface area contributed by atoms with Gasteiger partial charge in [0.2, 0.25) is 0 Å². The number of rotatable bonds is 4. The monoisotopic (exact) mass is 423 g/mol. The van der Waals surface area contributed by atoms with Crippen molar-refractivity contribution in [1.82, 2.24) is 14.1 Å². The van der Waals surface area contributed by atoms with Gasteiger partial charge in [-0.15, -0.1) is 11.8 Å². The van der Waals surface area contributed by atoms with Gasteiger partial charge < -0.3 is 0 Å². The molecule has 0 aliphatic rings. The molecule has 1 aromatic carbocycles. The molecule has 0 atom stereocenters. The number of hydrogen-bond donors (Lipinski definition) is 0. The van der Waals surface area contributed by atoms with Gasteiger partial charge in [0.15, 0.2) is 0 Å². The largest absolute Gasteiger partial charge is 0.416 e. The van der Waals surface area contributed by atoms with Crippen molar-refractivity contribution in [2.45, 2.75) is 36.6 Å². The molecule has 29 heavy (non-hydrogen) atoms. The standard InChI is InChI=1S/C20H20F3N3O2S/c1-11(2)14-9-24-17-15(18(27)26(4)19(28)25(17)3)16(14)29-10-12-5-7-13(8-6-12)20(21,22)23/h5-9,11H,10H2,1-4H3. The van der Waals surface area contributed by atoms with E-state index in [9.17, 15) is 22.8 Å². The molecular formula is C20H20F3N3O2S. The van der Waals surface area contributed by atoms with Gasteiger partial charge in [-0.2, -0.15) is 13.2 Å². The van der Waals surface area contributed by atoms with Crippen molar-refractivity contribution in [3.05, 3.63) is 68.0 Å². The fourth-order valence-electron chi connectivity index (χ4n) is 3.03. The molecule has 154 valence electrons. The van der Waals surface area contributed by atoms with E-state index in [1.165, 1.54) is 35.5 Å². The average Bonchev–Trinajstić information content (AvgIpc) is 2.67. The normalized spacial score (nSPS) is 12.1. The molecule has 0 amide bonds. The average molecular weight is 423 g/mol. The third-order valence-electron chi connectivity index (χ3n) is 4.74. The number of thioether (sulfide) groups is 1. The fourth-order valence-corrected chi connectivity index (χ4v) is 4.31. The molecule has 2 aromatic heterocycles. The summed E-state index contributed by atoms with van der Waals surface area (Å²) in [5.74, 6) is 0.451. The first-order valence-corrected chi connectivity index (χ1v) is 9.88. The van der Waals surface area contributed by atoms with Gasteiger partial charge >= 0.3 is 11.9 Å². The molecule has 9 heteroatoms. The lowest BCUT2D eigenvalue weighted by molar-refractivity contribution is -0.137. The quantitative estimate of drug-likeness (QED) is 0.594. The molecule has 0 radical (unpaired) electrons. The molecule has 0 saturated heterocycles. The number of hydrogen-bond acceptors (Lipinski definition) is 4. The molecular weight excluding hydrogens is 403 g/mol. The van der Waals surface area contributed by atoms with Crippen LogP contribution in [-0.4, -0.2) is 14.1 Å². The second kappa shape index (κ2) is 7.70. The van der Waals surface area contributed by atoms with E-state index in [1.807, 2.05) is 13.8 Å². The van der Waals surface area contributed by atoms with E-state index >= 15 is 0 Å². The van der Waals surface area contributed by atoms with Crippen LogP contribution in [0.1, 0.15) is 36.5 Å². The van der Waals surface area contributed by atoms with Crippen LogP contribution in [-0.2, 0) is 26.0 Å². The topological polar surface area (TPSA) is 56.9 Å². The summed E-state index contributed by atoms with van der Waals surface area (Å²) in [6.07, 6.45) is -2.73. The SMILES string of the molecule is CC(C)c1cnc2c(c1SCc1ccc(C(F)(F)F)cc1)c(=O)n(C)c(=O)n2C. The Kier molecular flexibility index (Phi) is 5.62. The lowest BCUT2D eigenvalue weighted by Crippen LogP contribution is -2.37. The molecule has 3 aromatic rings. The Balaban J connectivity index is 2.09. The van der Waals surface area contributed by atoms with Gasteiger partial charge in [-0.1, -0.05) is 26.0 Å². The molecule has 5 nitrogen and oxygen atoms in total. The van der Waals surface area contributed by atoms with E-state index in [0.717, 1.165) is 22.3 Å². The predicted molar refractivity (Wildman–Crippen MR) is 107 cm³/mol. The Morgan fingerprint density at radius 1 is 1.07 bits per heavy atom. The van der Waals surface area contributed by atoms with Gasteiger partial charge in [-0.25, -0.2) is 9.78 Å². The highest BCUT2D eigenvalue weighted by molar-refractivity contribution is 7.98. The minimum absolute atomic E-state index is 0.0731. The number of fused-ring (bicyclic) bond motifs is 1. The zero-order valence-corrected chi connectivity index (χ0v) is 17.2. The number of aryl methyl sites for hydroxylation is 1. The van der Waals surface area contributed by atoms with Crippen molar-refractivity contribution < 1.29 is 13.2 Å². The molecule has 0 fully saturated rings. The van der Waals surface area contributed by atoms with Crippen LogP contribution in [0.15, 0.2) is 44.9 Å². The number of nitrogens with zero attached hydrogens (tertiary/aromatic N) is 3. The minimum Gasteiger partial charge on any atom is -0.280 e. The highest BCUT2D eigenvalue weighted by Gasteiger charge is 2.30. The third kappa shape index (κ3) is 3.96. The Bertz CT molecular complexity index is 1180. The van der Waals surface area contributed by atoms with Crippen molar-refractivity contribution in [1.29, 1.82) is 0 Å². The zero-order valence-electron chi connectivity index (χ0n) is 16.4. The second-order valence-electron chi connectivity index (χ2n) is 7.09. The number of alkyl halides is 3. The summed E-state index contributed by atoms with van der Waals surface area (Å²) in [5, 5.41) is 0.345. The second-order valence-corrected chi connectivity index (χ2v) is 8.07. The van der Waals surface area contributed by atoms with Crippen LogP contribution >= 0.6 is 11.8 Å². The molecule has 0 aliphatic heterocycles. The van der Waals surface area contributed by atoms with E-state index in [1.54, 1.807) is 13.2 Å². The maximum absolute atomic E-state index is 12.8. The highest BCUT2D eigenvalue weighted by atomic mass is 32.2. The van der Waals surface area contributed by atoms with Crippen LogP contribution in [0, 0.1) is 0 Å². The number of pyridine rings is 1. The highest BCUT2D eigenvalue weighted by Crippen LogP contribution is 2.35. The smallest absolute Gasteiger partial charge is 0.280 e. The summed E-state index contributed by atoms with van der Waals surface area (Å²) in [4.78, 5) is 30.1. The van der Waals surface area contributed by atoms with E-state index < -0.39 is 23.0 Å². The van der Waals surface area contributed by atoms with E-state index in [2.05, 4.69) is 4.98 Å². The first kappa shape index (κ1) is 21.2. The van der Waals surface area contributed by atoms with Crippen LogP contribution < -0.4 is 11.2 Å². The van der Waals surface area contributed by atoms with Crippen LogP contribution in [0.25, 0.3) is 11.0 Å². The summed E-state index contributed by atoms with van der Waals surface area (Å²) in [7, 11) is 2.97. The maximum atomic E-state index is 12.8. The fraction of sp³-hybridized carbons (Fsp3) is 0.350. The Morgan fingerprint density at radius 2 is 1.69 bits per heavy atom. The van der Waals surface area contributed by atoms with E-state index in [-0.39, 0.29) is 11.6 Å². The zero-order chi connectivity index (χ0) is 21.5. The van der Waals surface area contributed by atoms with E-state index in [0.29, 0.717) is 21.6 Å². The number of aromatic nitrogens is 3. The summed E-state index contributed by atoms with van der Waals surface area (Å²) in [5.41, 5.74) is 0.234. The lowest BCUT2D eigenvalue weighted by Gasteiger charge is -2.16. The van der Waals surface area contributed by atoms with Crippen LogP contribution in [0.5, 0.6) is 0 Å². The van der Waals surface area contributed by atoms with Crippen molar-refractivity contribution in [3.8, 4) is 0 Å². The van der Waals surface area contributed by atoms with Crippen LogP contribution in [0.3, 0.4) is 0 Å². The summed E-state index contributed by atoms with van der Waals surface area (Å²) in [6, 6.07) is 4.96. The maximum Gasteiger partial charge on any atom is 0.416 e. The molecule has 2 heterocycles. The van der Waals surface area contributed by atoms with Crippen molar-refractivity contribution in [2.75, 3.05) is 0 Å². The predicted octanol–water partition coefficient (Wildman–Crippen LogP) is 4.07. The molecule has 0 saturated carbocycles. The summed E-state index contributed by atoms with van der Waals surface area (Å²) < 4.78 is 40.6. The van der Waals surface area contributed by atoms with Crippen molar-refractivity contribution in [2.24, 2.45) is 14.1 Å². The van der Waals surface area contributed by atoms with Crippen molar-refractivity contribution >= 4 is 22.8 Å². The number of halogens is 3. The van der Waals surface area contributed by atoms with Gasteiger partial charge in [0.1, 0.15) is 5.65 Å². The first-order chi connectivity index (χ1) is 13.5. The summed E-state index contributed by atoms with van der Waals surface area (Å²) in [6.45, 7) is 3.94. The Labute approximate surface area is 169 Å². The van der Waals surface area contributed by atoms with Gasteiger partial charge in [0.05, 0.1) is 10.9 Å². The molecule has 0 spiro atoms. The lowest BCUT2D eigenvalue weighted by atomic mass is 10.0. The van der Waals surface area contributed by atoms with Gasteiger partial charge in [0, 0.05) is 30.9 Å².